The fourth-order valence-electron chi connectivity index (χ4n) is 1.93. The third-order valence-corrected chi connectivity index (χ3v) is 2.86. The number of benzene rings is 1. The number of rotatable bonds is 6. The first-order valence-corrected chi connectivity index (χ1v) is 6.63. The first-order chi connectivity index (χ1) is 9.65. The Morgan fingerprint density at radius 1 is 1.30 bits per heavy atom. The van der Waals surface area contributed by atoms with Crippen LogP contribution in [0.25, 0.3) is 11.5 Å². The Labute approximate surface area is 117 Å². The molecule has 0 aliphatic rings. The van der Waals surface area contributed by atoms with Crippen LogP contribution in [0.5, 0.6) is 11.5 Å². The third kappa shape index (κ3) is 3.08. The number of hydrogen-bond donors (Lipinski definition) is 2. The number of nitrogens with zero attached hydrogens (tertiary/aromatic N) is 2. The number of ether oxygens (including phenoxy) is 1. The Hall–Kier alpha value is -2.08. The lowest BCUT2D eigenvalue weighted by molar-refractivity contribution is 0.0478. The van der Waals surface area contributed by atoms with E-state index in [-0.39, 0.29) is 23.5 Å². The average Bonchev–Trinajstić information content (AvgIpc) is 2.88. The number of phenols is 2. The summed E-state index contributed by atoms with van der Waals surface area (Å²) in [6, 6.07) is 4.20. The molecule has 0 amide bonds. The van der Waals surface area contributed by atoms with Gasteiger partial charge in [-0.15, -0.1) is 0 Å². The van der Waals surface area contributed by atoms with Gasteiger partial charge in [0.25, 0.3) is 5.89 Å². The number of aromatic nitrogens is 2. The van der Waals surface area contributed by atoms with Gasteiger partial charge in [-0.3, -0.25) is 0 Å². The van der Waals surface area contributed by atoms with Crippen molar-refractivity contribution in [3.8, 4) is 23.0 Å². The normalized spacial score (nSPS) is 12.5. The van der Waals surface area contributed by atoms with Gasteiger partial charge >= 0.3 is 0 Å². The molecule has 1 unspecified atom stereocenters. The molecule has 0 saturated carbocycles. The molecule has 2 N–H and O–H groups in total. The monoisotopic (exact) mass is 278 g/mol. The average molecular weight is 278 g/mol. The second-order valence-corrected chi connectivity index (χ2v) is 4.39. The predicted octanol–water partition coefficient (Wildman–Crippen LogP) is 3.03. The Morgan fingerprint density at radius 2 is 2.10 bits per heavy atom. The molecule has 0 aliphatic heterocycles. The van der Waals surface area contributed by atoms with Crippen LogP contribution < -0.4 is 0 Å². The van der Waals surface area contributed by atoms with Crippen LogP contribution in [0.2, 0.25) is 0 Å². The summed E-state index contributed by atoms with van der Waals surface area (Å²) in [6.07, 6.45) is 1.54. The van der Waals surface area contributed by atoms with Crippen molar-refractivity contribution >= 4 is 0 Å². The van der Waals surface area contributed by atoms with Crippen LogP contribution in [-0.4, -0.2) is 27.0 Å². The van der Waals surface area contributed by atoms with Crippen molar-refractivity contribution in [1.82, 2.24) is 10.1 Å². The molecule has 2 rings (SSSR count). The van der Waals surface area contributed by atoms with Crippen LogP contribution in [0.3, 0.4) is 0 Å². The van der Waals surface area contributed by atoms with E-state index < -0.39 is 0 Å². The SMILES string of the molecule is CCCC(OCC)c1noc(-c2ccc(O)cc2O)n1. The van der Waals surface area contributed by atoms with E-state index in [4.69, 9.17) is 9.26 Å². The molecule has 6 nitrogen and oxygen atoms in total. The summed E-state index contributed by atoms with van der Waals surface area (Å²) in [7, 11) is 0. The Morgan fingerprint density at radius 3 is 2.75 bits per heavy atom. The van der Waals surface area contributed by atoms with Crippen molar-refractivity contribution in [2.75, 3.05) is 6.61 Å². The molecule has 1 aromatic heterocycles. The first-order valence-electron chi connectivity index (χ1n) is 6.63. The van der Waals surface area contributed by atoms with Gasteiger partial charge in [0, 0.05) is 12.7 Å². The zero-order valence-electron chi connectivity index (χ0n) is 11.5. The van der Waals surface area contributed by atoms with Gasteiger partial charge in [0.15, 0.2) is 0 Å². The van der Waals surface area contributed by atoms with Crippen molar-refractivity contribution in [1.29, 1.82) is 0 Å². The summed E-state index contributed by atoms with van der Waals surface area (Å²) >= 11 is 0. The second kappa shape index (κ2) is 6.38. The number of phenolic OH excluding ortho intramolecular Hbond substituents is 2. The summed E-state index contributed by atoms with van der Waals surface area (Å²) in [4.78, 5) is 4.26. The van der Waals surface area contributed by atoms with Gasteiger partial charge < -0.3 is 19.5 Å². The molecule has 2 aromatic rings. The molecular weight excluding hydrogens is 260 g/mol. The van der Waals surface area contributed by atoms with E-state index in [1.807, 2.05) is 6.92 Å². The summed E-state index contributed by atoms with van der Waals surface area (Å²) in [6.45, 7) is 4.53. The van der Waals surface area contributed by atoms with E-state index in [2.05, 4.69) is 17.1 Å². The molecule has 6 heteroatoms. The van der Waals surface area contributed by atoms with Crippen LogP contribution >= 0.6 is 0 Å². The maximum atomic E-state index is 9.78. The third-order valence-electron chi connectivity index (χ3n) is 2.86. The Balaban J connectivity index is 2.27. The van der Waals surface area contributed by atoms with Gasteiger partial charge in [-0.05, 0) is 25.5 Å². The fraction of sp³-hybridized carbons (Fsp3) is 0.429. The Bertz CT molecular complexity index is 562. The minimum Gasteiger partial charge on any atom is -0.508 e. The number of hydrogen-bond acceptors (Lipinski definition) is 6. The van der Waals surface area contributed by atoms with Gasteiger partial charge in [0.1, 0.15) is 17.6 Å². The van der Waals surface area contributed by atoms with Crippen LogP contribution in [0.15, 0.2) is 22.7 Å². The van der Waals surface area contributed by atoms with Gasteiger partial charge in [-0.25, -0.2) is 0 Å². The minimum atomic E-state index is -0.207. The van der Waals surface area contributed by atoms with Crippen molar-refractivity contribution in [2.24, 2.45) is 0 Å². The van der Waals surface area contributed by atoms with Gasteiger partial charge in [0.2, 0.25) is 5.82 Å². The van der Waals surface area contributed by atoms with E-state index in [1.165, 1.54) is 18.2 Å². The Kier molecular flexibility index (Phi) is 4.57. The molecule has 1 atom stereocenters. The minimum absolute atomic E-state index is 0.0239. The fourth-order valence-corrected chi connectivity index (χ4v) is 1.93. The van der Waals surface area contributed by atoms with Crippen molar-refractivity contribution < 1.29 is 19.5 Å². The predicted molar refractivity (Wildman–Crippen MR) is 72.3 cm³/mol. The summed E-state index contributed by atoms with van der Waals surface area (Å²) in [5, 5.41) is 23.0. The molecule has 0 aliphatic carbocycles. The molecule has 0 bridgehead atoms. The maximum absolute atomic E-state index is 9.78. The van der Waals surface area contributed by atoms with Crippen LogP contribution in [0, 0.1) is 0 Å². The van der Waals surface area contributed by atoms with Gasteiger partial charge in [0.05, 0.1) is 5.56 Å². The quantitative estimate of drug-likeness (QED) is 0.844. The van der Waals surface area contributed by atoms with Crippen molar-refractivity contribution in [2.45, 2.75) is 32.8 Å². The van der Waals surface area contributed by atoms with Crippen LogP contribution in [0.4, 0.5) is 0 Å². The first kappa shape index (κ1) is 14.3. The number of aromatic hydroxyl groups is 2. The standard InChI is InChI=1S/C14H18N2O4/c1-3-5-12(19-4-2)13-15-14(20-16-13)10-7-6-9(17)8-11(10)18/h6-8,12,17-18H,3-5H2,1-2H3. The molecule has 0 saturated heterocycles. The van der Waals surface area contributed by atoms with Gasteiger partial charge in [-0.1, -0.05) is 18.5 Å². The van der Waals surface area contributed by atoms with Crippen LogP contribution in [-0.2, 0) is 4.74 Å². The largest absolute Gasteiger partial charge is 0.508 e. The molecule has 0 fully saturated rings. The molecule has 108 valence electrons. The second-order valence-electron chi connectivity index (χ2n) is 4.39. The zero-order valence-corrected chi connectivity index (χ0v) is 11.5. The van der Waals surface area contributed by atoms with E-state index in [0.717, 1.165) is 12.8 Å². The van der Waals surface area contributed by atoms with E-state index >= 15 is 0 Å². The molecule has 0 spiro atoms. The molecule has 20 heavy (non-hydrogen) atoms. The highest BCUT2D eigenvalue weighted by atomic mass is 16.5. The maximum Gasteiger partial charge on any atom is 0.261 e. The summed E-state index contributed by atoms with van der Waals surface area (Å²) in [5.74, 6) is 0.544. The topological polar surface area (TPSA) is 88.6 Å². The lowest BCUT2D eigenvalue weighted by Gasteiger charge is -2.11. The lowest BCUT2D eigenvalue weighted by Crippen LogP contribution is -2.05. The summed E-state index contributed by atoms with van der Waals surface area (Å²) in [5.41, 5.74) is 0.383. The highest BCUT2D eigenvalue weighted by Gasteiger charge is 2.20. The highest BCUT2D eigenvalue weighted by Crippen LogP contribution is 2.32. The molecular formula is C14H18N2O4. The molecule has 1 heterocycles. The smallest absolute Gasteiger partial charge is 0.261 e. The highest BCUT2D eigenvalue weighted by molar-refractivity contribution is 5.63. The lowest BCUT2D eigenvalue weighted by atomic mass is 10.2. The van der Waals surface area contributed by atoms with E-state index in [0.29, 0.717) is 18.0 Å². The summed E-state index contributed by atoms with van der Waals surface area (Å²) < 4.78 is 10.7. The molecule has 0 radical (unpaired) electrons. The molecule has 1 aromatic carbocycles. The van der Waals surface area contributed by atoms with Crippen molar-refractivity contribution in [3.63, 3.8) is 0 Å². The van der Waals surface area contributed by atoms with Crippen LogP contribution in [0.1, 0.15) is 38.6 Å². The van der Waals surface area contributed by atoms with Crippen molar-refractivity contribution in [3.05, 3.63) is 24.0 Å². The van der Waals surface area contributed by atoms with E-state index in [1.54, 1.807) is 0 Å². The zero-order chi connectivity index (χ0) is 14.5. The van der Waals surface area contributed by atoms with E-state index in [9.17, 15) is 10.2 Å². The van der Waals surface area contributed by atoms with Gasteiger partial charge in [-0.2, -0.15) is 4.98 Å².